The maximum absolute atomic E-state index is 13.5. The van der Waals surface area contributed by atoms with Gasteiger partial charge in [-0.1, -0.05) is 12.1 Å². The van der Waals surface area contributed by atoms with Crippen molar-refractivity contribution in [2.75, 3.05) is 31.5 Å². The highest BCUT2D eigenvalue weighted by atomic mass is 19.1. The van der Waals surface area contributed by atoms with Crippen molar-refractivity contribution in [3.05, 3.63) is 53.3 Å². The van der Waals surface area contributed by atoms with Crippen molar-refractivity contribution in [2.45, 2.75) is 38.8 Å². The third kappa shape index (κ3) is 3.99. The first kappa shape index (κ1) is 19.9. The van der Waals surface area contributed by atoms with E-state index in [2.05, 4.69) is 27.1 Å². The summed E-state index contributed by atoms with van der Waals surface area (Å²) in [5, 5.41) is 4.14. The summed E-state index contributed by atoms with van der Waals surface area (Å²) >= 11 is 0. The number of halogens is 1. The topological polar surface area (TPSA) is 74.5 Å². The number of hydrogen-bond acceptors (Lipinski definition) is 6. The maximum atomic E-state index is 13.5. The smallest absolute Gasteiger partial charge is 0.258 e. The Morgan fingerprint density at radius 2 is 1.87 bits per heavy atom. The standard InChI is InChI=1S/C23H26FN5O2/c1-15-18(19-20(27-23(2)7-8-23)25-14-26-21(19)31-15)22(30)29-11-9-28(10-12-29)13-16-3-5-17(24)6-4-16/h3-6,14H,7-13H2,1-2H3,(H,25,26,27). The van der Waals surface area contributed by atoms with Gasteiger partial charge in [-0.15, -0.1) is 0 Å². The predicted molar refractivity (Wildman–Crippen MR) is 115 cm³/mol. The molecule has 1 amide bonds. The van der Waals surface area contributed by atoms with Gasteiger partial charge in [-0.2, -0.15) is 0 Å². The number of piperazine rings is 1. The molecule has 0 bridgehead atoms. The number of aromatic nitrogens is 2. The summed E-state index contributed by atoms with van der Waals surface area (Å²) in [6.07, 6.45) is 3.63. The van der Waals surface area contributed by atoms with Crippen LogP contribution in [0.1, 0.15) is 41.4 Å². The molecule has 31 heavy (non-hydrogen) atoms. The number of nitrogens with zero attached hydrogens (tertiary/aromatic N) is 4. The van der Waals surface area contributed by atoms with Crippen LogP contribution in [-0.4, -0.2) is 57.4 Å². The van der Waals surface area contributed by atoms with Crippen LogP contribution >= 0.6 is 0 Å². The van der Waals surface area contributed by atoms with Crippen molar-refractivity contribution >= 4 is 22.8 Å². The number of aryl methyl sites for hydroxylation is 1. The lowest BCUT2D eigenvalue weighted by atomic mass is 10.1. The first-order valence-corrected chi connectivity index (χ1v) is 10.7. The predicted octanol–water partition coefficient (Wildman–Crippen LogP) is 3.59. The Bertz CT molecular complexity index is 1110. The second kappa shape index (κ2) is 7.60. The van der Waals surface area contributed by atoms with Crippen molar-refractivity contribution in [1.29, 1.82) is 0 Å². The molecule has 2 aliphatic rings. The van der Waals surface area contributed by atoms with Gasteiger partial charge in [-0.25, -0.2) is 14.4 Å². The van der Waals surface area contributed by atoms with E-state index in [4.69, 9.17) is 4.42 Å². The van der Waals surface area contributed by atoms with E-state index in [0.717, 1.165) is 38.0 Å². The van der Waals surface area contributed by atoms with Gasteiger partial charge in [0.15, 0.2) is 0 Å². The second-order valence-corrected chi connectivity index (χ2v) is 8.82. The number of benzene rings is 1. The lowest BCUT2D eigenvalue weighted by Gasteiger charge is -2.34. The van der Waals surface area contributed by atoms with E-state index in [9.17, 15) is 9.18 Å². The highest BCUT2D eigenvalue weighted by Gasteiger charge is 2.39. The van der Waals surface area contributed by atoms with Crippen LogP contribution in [0.2, 0.25) is 0 Å². The Morgan fingerprint density at radius 1 is 1.16 bits per heavy atom. The number of furan rings is 1. The molecule has 0 radical (unpaired) electrons. The van der Waals surface area contributed by atoms with Gasteiger partial charge >= 0.3 is 0 Å². The van der Waals surface area contributed by atoms with Gasteiger partial charge in [0.25, 0.3) is 5.91 Å². The molecule has 1 saturated carbocycles. The molecule has 0 unspecified atom stereocenters. The van der Waals surface area contributed by atoms with Crippen LogP contribution in [0.4, 0.5) is 10.2 Å². The number of amides is 1. The molecule has 7 nitrogen and oxygen atoms in total. The zero-order valence-electron chi connectivity index (χ0n) is 17.8. The van der Waals surface area contributed by atoms with Crippen LogP contribution in [0.3, 0.4) is 0 Å². The zero-order valence-corrected chi connectivity index (χ0v) is 17.8. The number of carbonyl (C=O) groups is 1. The number of anilines is 1. The van der Waals surface area contributed by atoms with Gasteiger partial charge in [0.05, 0.1) is 10.9 Å². The second-order valence-electron chi connectivity index (χ2n) is 8.82. The molecule has 1 saturated heterocycles. The zero-order chi connectivity index (χ0) is 21.6. The molecule has 3 aromatic rings. The summed E-state index contributed by atoms with van der Waals surface area (Å²) in [4.78, 5) is 26.3. The largest absolute Gasteiger partial charge is 0.442 e. The van der Waals surface area contributed by atoms with Crippen molar-refractivity contribution in [3.63, 3.8) is 0 Å². The van der Waals surface area contributed by atoms with Gasteiger partial charge in [0.1, 0.15) is 23.7 Å². The van der Waals surface area contributed by atoms with Crippen LogP contribution in [0.15, 0.2) is 35.0 Å². The summed E-state index contributed by atoms with van der Waals surface area (Å²) < 4.78 is 18.9. The van der Waals surface area contributed by atoms with Gasteiger partial charge in [0, 0.05) is 38.3 Å². The number of hydrogen-bond donors (Lipinski definition) is 1. The minimum Gasteiger partial charge on any atom is -0.442 e. The van der Waals surface area contributed by atoms with Gasteiger partial charge in [0.2, 0.25) is 5.71 Å². The minimum absolute atomic E-state index is 0.0265. The quantitative estimate of drug-likeness (QED) is 0.676. The summed E-state index contributed by atoms with van der Waals surface area (Å²) in [5.41, 5.74) is 2.09. The Balaban J connectivity index is 1.32. The van der Waals surface area contributed by atoms with E-state index in [1.54, 1.807) is 0 Å². The summed E-state index contributed by atoms with van der Waals surface area (Å²) in [5.74, 6) is 0.963. The Labute approximate surface area is 180 Å². The average Bonchev–Trinajstić information content (AvgIpc) is 3.38. The molecular formula is C23H26FN5O2. The third-order valence-corrected chi connectivity index (χ3v) is 6.28. The molecule has 2 aromatic heterocycles. The molecule has 1 aromatic carbocycles. The fourth-order valence-corrected chi connectivity index (χ4v) is 4.11. The molecule has 5 rings (SSSR count). The summed E-state index contributed by atoms with van der Waals surface area (Å²) in [6, 6.07) is 6.58. The van der Waals surface area contributed by atoms with E-state index in [-0.39, 0.29) is 17.3 Å². The fraction of sp³-hybridized carbons (Fsp3) is 0.435. The van der Waals surface area contributed by atoms with Gasteiger partial charge in [-0.3, -0.25) is 9.69 Å². The lowest BCUT2D eigenvalue weighted by Crippen LogP contribution is -2.48. The molecule has 0 spiro atoms. The summed E-state index contributed by atoms with van der Waals surface area (Å²) in [7, 11) is 0. The maximum Gasteiger partial charge on any atom is 0.258 e. The first-order valence-electron chi connectivity index (χ1n) is 10.7. The molecule has 1 aliphatic heterocycles. The van der Waals surface area contributed by atoms with Crippen molar-refractivity contribution in [2.24, 2.45) is 0 Å². The fourth-order valence-electron chi connectivity index (χ4n) is 4.11. The average molecular weight is 423 g/mol. The van der Waals surface area contributed by atoms with Crippen LogP contribution in [0.25, 0.3) is 11.1 Å². The lowest BCUT2D eigenvalue weighted by molar-refractivity contribution is 0.0628. The molecule has 3 heterocycles. The van der Waals surface area contributed by atoms with Crippen molar-refractivity contribution < 1.29 is 13.6 Å². The summed E-state index contributed by atoms with van der Waals surface area (Å²) in [6.45, 7) is 7.48. The Kier molecular flexibility index (Phi) is 4.89. The Morgan fingerprint density at radius 3 is 2.55 bits per heavy atom. The molecular weight excluding hydrogens is 397 g/mol. The van der Waals surface area contributed by atoms with E-state index >= 15 is 0 Å². The van der Waals surface area contributed by atoms with Crippen LogP contribution in [-0.2, 0) is 6.54 Å². The third-order valence-electron chi connectivity index (χ3n) is 6.28. The molecule has 2 fully saturated rings. The number of fused-ring (bicyclic) bond motifs is 1. The highest BCUT2D eigenvalue weighted by Crippen LogP contribution is 2.40. The van der Waals surface area contributed by atoms with E-state index in [1.165, 1.54) is 18.5 Å². The van der Waals surface area contributed by atoms with Crippen molar-refractivity contribution in [1.82, 2.24) is 19.8 Å². The number of rotatable bonds is 5. The van der Waals surface area contributed by atoms with E-state index in [1.807, 2.05) is 24.0 Å². The number of carbonyl (C=O) groups excluding carboxylic acids is 1. The van der Waals surface area contributed by atoms with Crippen LogP contribution in [0, 0.1) is 12.7 Å². The number of nitrogens with one attached hydrogen (secondary N) is 1. The molecule has 162 valence electrons. The molecule has 1 N–H and O–H groups in total. The van der Waals surface area contributed by atoms with E-state index in [0.29, 0.717) is 41.3 Å². The normalized spacial score (nSPS) is 18.4. The van der Waals surface area contributed by atoms with Gasteiger partial charge < -0.3 is 14.6 Å². The molecule has 8 heteroatoms. The van der Waals surface area contributed by atoms with Crippen LogP contribution in [0.5, 0.6) is 0 Å². The van der Waals surface area contributed by atoms with Crippen molar-refractivity contribution in [3.8, 4) is 0 Å². The SMILES string of the molecule is Cc1oc2ncnc(NC3(C)CC3)c2c1C(=O)N1CCN(Cc2ccc(F)cc2)CC1. The molecule has 1 aliphatic carbocycles. The monoisotopic (exact) mass is 423 g/mol. The van der Waals surface area contributed by atoms with Gasteiger partial charge in [-0.05, 0) is 44.4 Å². The Hall–Kier alpha value is -3.00. The first-order chi connectivity index (χ1) is 14.9. The van der Waals surface area contributed by atoms with Crippen LogP contribution < -0.4 is 5.32 Å². The van der Waals surface area contributed by atoms with E-state index < -0.39 is 0 Å². The molecule has 0 atom stereocenters. The minimum atomic E-state index is -0.226. The highest BCUT2D eigenvalue weighted by molar-refractivity contribution is 6.10.